The first-order valence-electron chi connectivity index (χ1n) is 16.7. The van der Waals surface area contributed by atoms with Gasteiger partial charge in [0.2, 0.25) is 0 Å². The minimum atomic E-state index is -0.334. The highest BCUT2D eigenvalue weighted by Crippen LogP contribution is 2.64. The number of fused-ring (bicyclic) bond motifs is 12. The van der Waals surface area contributed by atoms with Gasteiger partial charge in [0, 0.05) is 10.9 Å². The van der Waals surface area contributed by atoms with Crippen molar-refractivity contribution in [1.82, 2.24) is 0 Å². The van der Waals surface area contributed by atoms with Crippen LogP contribution in [0.4, 0.5) is 0 Å². The summed E-state index contributed by atoms with van der Waals surface area (Å²) in [7, 11) is 0. The van der Waals surface area contributed by atoms with Gasteiger partial charge in [-0.1, -0.05) is 158 Å². The third kappa shape index (κ3) is 3.21. The molecule has 0 radical (unpaired) electrons. The maximum atomic E-state index is 6.37. The third-order valence-electron chi connectivity index (χ3n) is 10.9. The highest BCUT2D eigenvalue weighted by Gasteiger charge is 2.51. The lowest BCUT2D eigenvalue weighted by Gasteiger charge is -2.30. The van der Waals surface area contributed by atoms with Crippen LogP contribution in [-0.2, 0) is 5.41 Å². The highest BCUT2D eigenvalue weighted by molar-refractivity contribution is 6.10. The maximum absolute atomic E-state index is 6.37. The number of rotatable bonds is 2. The molecule has 0 fully saturated rings. The van der Waals surface area contributed by atoms with Crippen LogP contribution in [0.2, 0.25) is 0 Å². The average molecular weight is 609 g/mol. The van der Waals surface area contributed by atoms with E-state index in [1.165, 1.54) is 83.1 Å². The summed E-state index contributed by atoms with van der Waals surface area (Å²) < 4.78 is 6.37. The molecule has 0 atom stereocenters. The van der Waals surface area contributed by atoms with Gasteiger partial charge >= 0.3 is 0 Å². The van der Waals surface area contributed by atoms with Gasteiger partial charge in [0.1, 0.15) is 11.5 Å². The Hall–Kier alpha value is -6.18. The van der Waals surface area contributed by atoms with Crippen LogP contribution < -0.4 is 4.74 Å². The number of hydrogen-bond acceptors (Lipinski definition) is 1. The predicted octanol–water partition coefficient (Wildman–Crippen LogP) is 12.3. The summed E-state index contributed by atoms with van der Waals surface area (Å²) in [5.41, 5.74) is 17.8. The quantitative estimate of drug-likeness (QED) is 0.190. The van der Waals surface area contributed by atoms with Gasteiger partial charge in [-0.15, -0.1) is 0 Å². The van der Waals surface area contributed by atoms with Gasteiger partial charge in [-0.2, -0.15) is 0 Å². The molecule has 8 aromatic carbocycles. The molecule has 8 aromatic rings. The second-order valence-corrected chi connectivity index (χ2v) is 13.1. The molecule has 11 rings (SSSR count). The van der Waals surface area contributed by atoms with Crippen LogP contribution in [0.15, 0.2) is 170 Å². The van der Waals surface area contributed by atoms with E-state index in [2.05, 4.69) is 164 Å². The van der Waals surface area contributed by atoms with Gasteiger partial charge < -0.3 is 4.74 Å². The number of para-hydroxylation sites is 1. The second kappa shape index (κ2) is 9.44. The summed E-state index contributed by atoms with van der Waals surface area (Å²) in [4.78, 5) is 0. The standard InChI is InChI=1S/C47H28O/c1-5-18-39-33(11-1)34-12-2-6-19-40(34)47(39)41-20-7-3-14-38(41)45-32(15-10-21-42(45)47)30-25-23-29(24-26-30)31-27-28-44-46-36(31)16-9-17-37(46)35-13-4-8-22-43(35)48-44/h1-28H. The molecule has 0 amide bonds. The van der Waals surface area contributed by atoms with E-state index in [4.69, 9.17) is 4.74 Å². The summed E-state index contributed by atoms with van der Waals surface area (Å²) >= 11 is 0. The molecule has 1 nitrogen and oxygen atoms in total. The molecule has 1 heteroatoms. The maximum Gasteiger partial charge on any atom is 0.135 e. The van der Waals surface area contributed by atoms with E-state index in [9.17, 15) is 0 Å². The minimum Gasteiger partial charge on any atom is -0.456 e. The van der Waals surface area contributed by atoms with Crippen molar-refractivity contribution in [2.45, 2.75) is 5.41 Å². The second-order valence-electron chi connectivity index (χ2n) is 13.1. The fourth-order valence-corrected chi connectivity index (χ4v) is 9.05. The molecular formula is C47H28O. The van der Waals surface area contributed by atoms with Crippen LogP contribution in [0.25, 0.3) is 66.4 Å². The molecule has 0 saturated heterocycles. The zero-order valence-corrected chi connectivity index (χ0v) is 26.1. The summed E-state index contributed by atoms with van der Waals surface area (Å²) in [6.07, 6.45) is 0. The van der Waals surface area contributed by atoms with Gasteiger partial charge in [-0.05, 0) is 89.8 Å². The summed E-state index contributed by atoms with van der Waals surface area (Å²) in [5.74, 6) is 1.83. The molecule has 3 aliphatic rings. The van der Waals surface area contributed by atoms with E-state index in [1.807, 2.05) is 6.07 Å². The van der Waals surface area contributed by atoms with Crippen molar-refractivity contribution < 1.29 is 4.74 Å². The van der Waals surface area contributed by atoms with E-state index in [1.54, 1.807) is 0 Å². The average Bonchev–Trinajstić information content (AvgIpc) is 3.63. The molecule has 0 bridgehead atoms. The van der Waals surface area contributed by atoms with Gasteiger partial charge in [-0.3, -0.25) is 0 Å². The van der Waals surface area contributed by atoms with E-state index in [-0.39, 0.29) is 5.41 Å². The molecular weight excluding hydrogens is 581 g/mol. The van der Waals surface area contributed by atoms with Crippen LogP contribution in [0.5, 0.6) is 11.5 Å². The Morgan fingerprint density at radius 3 is 1.56 bits per heavy atom. The first kappa shape index (κ1) is 25.9. The third-order valence-corrected chi connectivity index (χ3v) is 10.9. The van der Waals surface area contributed by atoms with Gasteiger partial charge in [-0.25, -0.2) is 0 Å². The molecule has 1 heterocycles. The van der Waals surface area contributed by atoms with Crippen molar-refractivity contribution in [3.05, 3.63) is 192 Å². The van der Waals surface area contributed by atoms with Crippen LogP contribution in [-0.4, -0.2) is 0 Å². The Bertz CT molecular complexity index is 2600. The lowest BCUT2D eigenvalue weighted by Crippen LogP contribution is -2.25. The zero-order chi connectivity index (χ0) is 31.4. The molecule has 1 aliphatic heterocycles. The predicted molar refractivity (Wildman–Crippen MR) is 197 cm³/mol. The fourth-order valence-electron chi connectivity index (χ4n) is 9.05. The van der Waals surface area contributed by atoms with Crippen molar-refractivity contribution in [2.75, 3.05) is 0 Å². The summed E-state index contributed by atoms with van der Waals surface area (Å²) in [6, 6.07) is 62.4. The Labute approximate surface area is 279 Å². The number of benzene rings is 8. The minimum absolute atomic E-state index is 0.334. The molecule has 0 aromatic heterocycles. The van der Waals surface area contributed by atoms with E-state index < -0.39 is 0 Å². The smallest absolute Gasteiger partial charge is 0.135 e. The van der Waals surface area contributed by atoms with E-state index in [0.29, 0.717) is 0 Å². The van der Waals surface area contributed by atoms with Crippen molar-refractivity contribution in [1.29, 1.82) is 0 Å². The molecule has 48 heavy (non-hydrogen) atoms. The Morgan fingerprint density at radius 1 is 0.312 bits per heavy atom. The molecule has 1 spiro atoms. The largest absolute Gasteiger partial charge is 0.456 e. The summed E-state index contributed by atoms with van der Waals surface area (Å²) in [6.45, 7) is 0. The van der Waals surface area contributed by atoms with Crippen molar-refractivity contribution in [3.8, 4) is 67.1 Å². The van der Waals surface area contributed by atoms with Crippen molar-refractivity contribution >= 4 is 10.8 Å². The first-order chi connectivity index (χ1) is 23.8. The Balaban J connectivity index is 1.09. The summed E-state index contributed by atoms with van der Waals surface area (Å²) in [5, 5.41) is 2.39. The topological polar surface area (TPSA) is 9.23 Å². The zero-order valence-electron chi connectivity index (χ0n) is 26.1. The molecule has 0 unspecified atom stereocenters. The van der Waals surface area contributed by atoms with E-state index in [0.717, 1.165) is 17.1 Å². The van der Waals surface area contributed by atoms with Crippen LogP contribution >= 0.6 is 0 Å². The first-order valence-corrected chi connectivity index (χ1v) is 16.7. The van der Waals surface area contributed by atoms with Gasteiger partial charge in [0.25, 0.3) is 0 Å². The molecule has 0 saturated carbocycles. The number of ether oxygens (including phenoxy) is 1. The molecule has 0 N–H and O–H groups in total. The lowest BCUT2D eigenvalue weighted by atomic mass is 9.70. The van der Waals surface area contributed by atoms with E-state index >= 15 is 0 Å². The van der Waals surface area contributed by atoms with Crippen LogP contribution in [0.3, 0.4) is 0 Å². The number of hydrogen-bond donors (Lipinski definition) is 0. The van der Waals surface area contributed by atoms with Crippen LogP contribution in [0, 0.1) is 0 Å². The monoisotopic (exact) mass is 608 g/mol. The highest BCUT2D eigenvalue weighted by atomic mass is 16.5. The Kier molecular flexibility index (Phi) is 5.10. The normalized spacial score (nSPS) is 13.8. The SMILES string of the molecule is c1ccc2c(c1)Oc1ccc(-c3ccc(-c4cccc5c4-c4ccccc4C54c5ccccc5-c5ccccc54)cc3)c3cccc-2c13. The fraction of sp³-hybridized carbons (Fsp3) is 0.0213. The molecule has 222 valence electrons. The van der Waals surface area contributed by atoms with Gasteiger partial charge in [0.15, 0.2) is 0 Å². The van der Waals surface area contributed by atoms with Crippen molar-refractivity contribution in [2.24, 2.45) is 0 Å². The van der Waals surface area contributed by atoms with Crippen LogP contribution in [0.1, 0.15) is 22.3 Å². The van der Waals surface area contributed by atoms with Gasteiger partial charge in [0.05, 0.1) is 5.41 Å². The van der Waals surface area contributed by atoms with Crippen molar-refractivity contribution in [3.63, 3.8) is 0 Å². The molecule has 2 aliphatic carbocycles. The Morgan fingerprint density at radius 2 is 0.833 bits per heavy atom. The lowest BCUT2D eigenvalue weighted by molar-refractivity contribution is 0.487.